The molecule has 2 aromatic rings. The first kappa shape index (κ1) is 20.7. The largest absolute Gasteiger partial charge is 0.497 e. The molecule has 166 valence electrons. The highest BCUT2D eigenvalue weighted by molar-refractivity contribution is 7.19. The summed E-state index contributed by atoms with van der Waals surface area (Å²) in [5.74, 6) is 1.67. The van der Waals surface area contributed by atoms with Gasteiger partial charge in [-0.15, -0.1) is 0 Å². The van der Waals surface area contributed by atoms with Gasteiger partial charge in [-0.1, -0.05) is 23.5 Å². The molecule has 1 aromatic heterocycles. The van der Waals surface area contributed by atoms with Gasteiger partial charge in [-0.2, -0.15) is 0 Å². The number of anilines is 1. The maximum atomic E-state index is 13.1. The van der Waals surface area contributed by atoms with Crippen molar-refractivity contribution in [3.8, 4) is 16.3 Å². The fourth-order valence-electron chi connectivity index (χ4n) is 4.32. The Kier molecular flexibility index (Phi) is 6.11. The molecule has 1 aromatic carbocycles. The SMILES string of the molecule is COc1cccc(-c2nc3c(s2)N(CC2CC2)C(C(=O)NCCN2CCOCC2)C3)c1. The highest BCUT2D eigenvalue weighted by Crippen LogP contribution is 2.44. The Hall–Kier alpha value is -2.16. The van der Waals surface area contributed by atoms with Gasteiger partial charge in [0.1, 0.15) is 21.8 Å². The van der Waals surface area contributed by atoms with E-state index in [9.17, 15) is 4.79 Å². The maximum Gasteiger partial charge on any atom is 0.243 e. The van der Waals surface area contributed by atoms with E-state index in [-0.39, 0.29) is 11.9 Å². The summed E-state index contributed by atoms with van der Waals surface area (Å²) in [5.41, 5.74) is 2.12. The third-order valence-corrected chi connectivity index (χ3v) is 7.49. The molecule has 1 saturated carbocycles. The number of hydrogen-bond acceptors (Lipinski definition) is 7. The molecule has 0 radical (unpaired) electrons. The number of hydrogen-bond donors (Lipinski definition) is 1. The van der Waals surface area contributed by atoms with E-state index in [2.05, 4.69) is 21.2 Å². The van der Waals surface area contributed by atoms with Gasteiger partial charge in [0.2, 0.25) is 5.91 Å². The predicted molar refractivity (Wildman–Crippen MR) is 122 cm³/mol. The molecule has 3 heterocycles. The Bertz CT molecular complexity index is 923. The zero-order chi connectivity index (χ0) is 21.2. The standard InChI is InChI=1S/C23H30N4O3S/c1-29-18-4-2-3-17(13-18)22-25-19-14-20(27(23(19)31-22)15-16-5-6-16)21(28)24-7-8-26-9-11-30-12-10-26/h2-4,13,16,20H,5-12,14-15H2,1H3,(H,24,28). The number of amides is 1. The lowest BCUT2D eigenvalue weighted by atomic mass is 10.2. The quantitative estimate of drug-likeness (QED) is 0.677. The van der Waals surface area contributed by atoms with E-state index in [1.807, 2.05) is 18.2 Å². The molecule has 0 bridgehead atoms. The van der Waals surface area contributed by atoms with Crippen LogP contribution in [0.4, 0.5) is 5.00 Å². The number of nitrogens with zero attached hydrogens (tertiary/aromatic N) is 3. The number of methoxy groups -OCH3 is 1. The van der Waals surface area contributed by atoms with Crippen molar-refractivity contribution in [1.82, 2.24) is 15.2 Å². The highest BCUT2D eigenvalue weighted by atomic mass is 32.1. The minimum atomic E-state index is -0.140. The third kappa shape index (κ3) is 4.71. The van der Waals surface area contributed by atoms with E-state index in [4.69, 9.17) is 14.5 Å². The zero-order valence-corrected chi connectivity index (χ0v) is 18.8. The van der Waals surface area contributed by atoms with E-state index in [1.165, 1.54) is 12.8 Å². The minimum Gasteiger partial charge on any atom is -0.497 e. The summed E-state index contributed by atoms with van der Waals surface area (Å²) in [6.07, 6.45) is 3.21. The third-order valence-electron chi connectivity index (χ3n) is 6.30. The fraction of sp³-hybridized carbons (Fsp3) is 0.565. The average Bonchev–Trinajstić information content (AvgIpc) is 3.43. The molecular weight excluding hydrogens is 412 g/mol. The molecule has 2 aliphatic heterocycles. The summed E-state index contributed by atoms with van der Waals surface area (Å²) < 4.78 is 10.8. The van der Waals surface area contributed by atoms with Gasteiger partial charge in [0.05, 0.1) is 26.0 Å². The van der Waals surface area contributed by atoms with Gasteiger partial charge in [-0.25, -0.2) is 4.98 Å². The van der Waals surface area contributed by atoms with E-state index in [1.54, 1.807) is 18.4 Å². The van der Waals surface area contributed by atoms with Crippen LogP contribution < -0.4 is 15.0 Å². The van der Waals surface area contributed by atoms with Crippen molar-refractivity contribution < 1.29 is 14.3 Å². The van der Waals surface area contributed by atoms with Crippen molar-refractivity contribution >= 4 is 22.2 Å². The van der Waals surface area contributed by atoms with Crippen molar-refractivity contribution in [3.05, 3.63) is 30.0 Å². The van der Waals surface area contributed by atoms with Gasteiger partial charge in [0.25, 0.3) is 0 Å². The predicted octanol–water partition coefficient (Wildman–Crippen LogP) is 2.41. The van der Waals surface area contributed by atoms with Crippen LogP contribution in [-0.2, 0) is 16.0 Å². The molecule has 31 heavy (non-hydrogen) atoms. The number of benzene rings is 1. The van der Waals surface area contributed by atoms with Crippen molar-refractivity contribution in [3.63, 3.8) is 0 Å². The first-order chi connectivity index (χ1) is 15.2. The summed E-state index contributed by atoms with van der Waals surface area (Å²) >= 11 is 1.70. The van der Waals surface area contributed by atoms with Gasteiger partial charge < -0.3 is 19.7 Å². The maximum absolute atomic E-state index is 13.1. The lowest BCUT2D eigenvalue weighted by molar-refractivity contribution is -0.122. The van der Waals surface area contributed by atoms with Crippen molar-refractivity contribution in [2.75, 3.05) is 57.9 Å². The molecular formula is C23H30N4O3S. The minimum absolute atomic E-state index is 0.127. The number of fused-ring (bicyclic) bond motifs is 1. The molecule has 5 rings (SSSR count). The summed E-state index contributed by atoms with van der Waals surface area (Å²) in [5, 5.41) is 5.34. The first-order valence-corrected chi connectivity index (χ1v) is 12.0. The number of morpholine rings is 1. The molecule has 1 atom stereocenters. The number of thiazole rings is 1. The molecule has 1 aliphatic carbocycles. The number of rotatable bonds is 8. The summed E-state index contributed by atoms with van der Waals surface area (Å²) in [6.45, 7) is 5.98. The van der Waals surface area contributed by atoms with Crippen LogP contribution in [0.2, 0.25) is 0 Å². The topological polar surface area (TPSA) is 66.9 Å². The smallest absolute Gasteiger partial charge is 0.243 e. The molecule has 7 nitrogen and oxygen atoms in total. The molecule has 2 fully saturated rings. The summed E-state index contributed by atoms with van der Waals surface area (Å²) in [7, 11) is 1.68. The number of ether oxygens (including phenoxy) is 2. The Morgan fingerprint density at radius 3 is 2.94 bits per heavy atom. The van der Waals surface area contributed by atoms with Crippen molar-refractivity contribution in [1.29, 1.82) is 0 Å². The van der Waals surface area contributed by atoms with Crippen LogP contribution >= 0.6 is 11.3 Å². The van der Waals surface area contributed by atoms with Gasteiger partial charge >= 0.3 is 0 Å². The molecule has 3 aliphatic rings. The van der Waals surface area contributed by atoms with E-state index < -0.39 is 0 Å². The Balaban J connectivity index is 1.27. The molecule has 1 N–H and O–H groups in total. The molecule has 1 unspecified atom stereocenters. The lowest BCUT2D eigenvalue weighted by Gasteiger charge is -2.28. The number of aromatic nitrogens is 1. The van der Waals surface area contributed by atoms with E-state index in [0.717, 1.165) is 66.4 Å². The van der Waals surface area contributed by atoms with Crippen molar-refractivity contribution in [2.45, 2.75) is 25.3 Å². The highest BCUT2D eigenvalue weighted by Gasteiger charge is 2.40. The van der Waals surface area contributed by atoms with Crippen molar-refractivity contribution in [2.24, 2.45) is 5.92 Å². The van der Waals surface area contributed by atoms with Gasteiger partial charge in [0, 0.05) is 44.7 Å². The van der Waals surface area contributed by atoms with Crippen LogP contribution in [0.25, 0.3) is 10.6 Å². The number of nitrogens with one attached hydrogen (secondary N) is 1. The second-order valence-electron chi connectivity index (χ2n) is 8.56. The molecule has 1 saturated heterocycles. The first-order valence-electron chi connectivity index (χ1n) is 11.2. The van der Waals surface area contributed by atoms with Crippen LogP contribution in [0, 0.1) is 5.92 Å². The number of carbonyl (C=O) groups excluding carboxylic acids is 1. The number of carbonyl (C=O) groups is 1. The second-order valence-corrected chi connectivity index (χ2v) is 9.54. The van der Waals surface area contributed by atoms with Crippen LogP contribution in [0.5, 0.6) is 5.75 Å². The Labute approximate surface area is 187 Å². The Morgan fingerprint density at radius 2 is 2.16 bits per heavy atom. The molecule has 1 amide bonds. The van der Waals surface area contributed by atoms with Gasteiger partial charge in [0.15, 0.2) is 0 Å². The fourth-order valence-corrected chi connectivity index (χ4v) is 5.47. The molecule has 8 heteroatoms. The second kappa shape index (κ2) is 9.14. The average molecular weight is 443 g/mol. The van der Waals surface area contributed by atoms with E-state index in [0.29, 0.717) is 18.9 Å². The monoisotopic (exact) mass is 442 g/mol. The van der Waals surface area contributed by atoms with Crippen LogP contribution in [0.15, 0.2) is 24.3 Å². The van der Waals surface area contributed by atoms with Crippen LogP contribution in [0.3, 0.4) is 0 Å². The molecule has 0 spiro atoms. The summed E-state index contributed by atoms with van der Waals surface area (Å²) in [4.78, 5) is 22.7. The Morgan fingerprint density at radius 1 is 1.32 bits per heavy atom. The zero-order valence-electron chi connectivity index (χ0n) is 18.0. The summed E-state index contributed by atoms with van der Waals surface area (Å²) in [6, 6.07) is 7.89. The van der Waals surface area contributed by atoms with Crippen LogP contribution in [-0.4, -0.2) is 74.9 Å². The van der Waals surface area contributed by atoms with Crippen LogP contribution in [0.1, 0.15) is 18.5 Å². The van der Waals surface area contributed by atoms with E-state index >= 15 is 0 Å². The lowest BCUT2D eigenvalue weighted by Crippen LogP contribution is -2.48. The van der Waals surface area contributed by atoms with Gasteiger partial charge in [-0.3, -0.25) is 9.69 Å². The van der Waals surface area contributed by atoms with Gasteiger partial charge in [-0.05, 0) is 30.9 Å². The normalized spacial score (nSPS) is 21.2.